The number of aliphatic hydroxyl groups is 1. The van der Waals surface area contributed by atoms with E-state index in [1.54, 1.807) is 0 Å². The highest BCUT2D eigenvalue weighted by Gasteiger charge is 2.18. The van der Waals surface area contributed by atoms with Crippen molar-refractivity contribution in [1.29, 1.82) is 0 Å². The van der Waals surface area contributed by atoms with E-state index in [0.29, 0.717) is 6.61 Å². The monoisotopic (exact) mass is 269 g/mol. The summed E-state index contributed by atoms with van der Waals surface area (Å²) in [7, 11) is 0. The number of hydrogen-bond donors (Lipinski definition) is 1. The maximum atomic E-state index is 9.94. The van der Waals surface area contributed by atoms with Crippen LogP contribution < -0.4 is 4.74 Å². The molecule has 0 radical (unpaired) electrons. The van der Waals surface area contributed by atoms with Gasteiger partial charge in [0.2, 0.25) is 0 Å². The molecule has 0 spiro atoms. The third-order valence-electron chi connectivity index (χ3n) is 3.73. The highest BCUT2D eigenvalue weighted by molar-refractivity contribution is 5.38. The standard InChI is InChI=1S/C17H19NO2/c1-12-7-13(10-18-9-12)11-20-15-5-6-16-14(8-15)3-2-4-17(16)19/h5-10,17,19H,2-4,11H2,1H3. The highest BCUT2D eigenvalue weighted by atomic mass is 16.5. The summed E-state index contributed by atoms with van der Waals surface area (Å²) in [5.74, 6) is 0.861. The van der Waals surface area contributed by atoms with Crippen LogP contribution in [0.4, 0.5) is 0 Å². The Labute approximate surface area is 119 Å². The minimum atomic E-state index is -0.311. The largest absolute Gasteiger partial charge is 0.489 e. The molecule has 1 atom stereocenters. The third kappa shape index (κ3) is 2.83. The van der Waals surface area contributed by atoms with Crippen LogP contribution >= 0.6 is 0 Å². The van der Waals surface area contributed by atoms with Gasteiger partial charge >= 0.3 is 0 Å². The fraction of sp³-hybridized carbons (Fsp3) is 0.353. The van der Waals surface area contributed by atoms with Crippen LogP contribution in [-0.4, -0.2) is 10.1 Å². The van der Waals surface area contributed by atoms with Gasteiger partial charge in [-0.15, -0.1) is 0 Å². The Morgan fingerprint density at radius 2 is 2.20 bits per heavy atom. The van der Waals surface area contributed by atoms with Gasteiger partial charge in [-0.3, -0.25) is 4.98 Å². The lowest BCUT2D eigenvalue weighted by atomic mass is 9.89. The van der Waals surface area contributed by atoms with Crippen molar-refractivity contribution in [2.45, 2.75) is 38.9 Å². The van der Waals surface area contributed by atoms with Crippen molar-refractivity contribution in [1.82, 2.24) is 4.98 Å². The number of rotatable bonds is 3. The van der Waals surface area contributed by atoms with Gasteiger partial charge in [-0.25, -0.2) is 0 Å². The highest BCUT2D eigenvalue weighted by Crippen LogP contribution is 2.32. The molecule has 1 aromatic carbocycles. The number of hydrogen-bond acceptors (Lipinski definition) is 3. The van der Waals surface area contributed by atoms with Crippen molar-refractivity contribution in [3.63, 3.8) is 0 Å². The number of benzene rings is 1. The lowest BCUT2D eigenvalue weighted by Crippen LogP contribution is -2.09. The molecule has 1 unspecified atom stereocenters. The zero-order chi connectivity index (χ0) is 13.9. The van der Waals surface area contributed by atoms with Crippen LogP contribution in [0, 0.1) is 6.92 Å². The predicted octanol–water partition coefficient (Wildman–Crippen LogP) is 3.34. The molecule has 3 nitrogen and oxygen atoms in total. The Balaban J connectivity index is 1.72. The van der Waals surface area contributed by atoms with E-state index in [0.717, 1.165) is 41.7 Å². The van der Waals surface area contributed by atoms with Crippen molar-refractivity contribution in [2.75, 3.05) is 0 Å². The maximum absolute atomic E-state index is 9.94. The van der Waals surface area contributed by atoms with E-state index in [9.17, 15) is 5.11 Å². The second-order valence-electron chi connectivity index (χ2n) is 5.43. The normalized spacial score (nSPS) is 17.6. The second-order valence-corrected chi connectivity index (χ2v) is 5.43. The summed E-state index contributed by atoms with van der Waals surface area (Å²) < 4.78 is 5.83. The summed E-state index contributed by atoms with van der Waals surface area (Å²) >= 11 is 0. The molecule has 0 bridgehead atoms. The zero-order valence-corrected chi connectivity index (χ0v) is 11.7. The molecule has 0 aliphatic heterocycles. The van der Waals surface area contributed by atoms with Crippen LogP contribution in [0.3, 0.4) is 0 Å². The topological polar surface area (TPSA) is 42.4 Å². The Morgan fingerprint density at radius 3 is 3.05 bits per heavy atom. The van der Waals surface area contributed by atoms with Gasteiger partial charge in [0, 0.05) is 18.0 Å². The van der Waals surface area contributed by atoms with Crippen LogP contribution in [0.1, 0.15) is 41.2 Å². The van der Waals surface area contributed by atoms with Gasteiger partial charge in [-0.1, -0.05) is 6.07 Å². The smallest absolute Gasteiger partial charge is 0.120 e. The molecule has 104 valence electrons. The van der Waals surface area contributed by atoms with Crippen LogP contribution in [0.25, 0.3) is 0 Å². The van der Waals surface area contributed by atoms with Crippen LogP contribution in [0.15, 0.2) is 36.7 Å². The Kier molecular flexibility index (Phi) is 3.70. The number of aliphatic hydroxyl groups excluding tert-OH is 1. The number of aromatic nitrogens is 1. The van der Waals surface area contributed by atoms with Crippen LogP contribution in [0.5, 0.6) is 5.75 Å². The van der Waals surface area contributed by atoms with Crippen molar-refractivity contribution < 1.29 is 9.84 Å². The molecular weight excluding hydrogens is 250 g/mol. The first-order valence-electron chi connectivity index (χ1n) is 7.06. The fourth-order valence-corrected chi connectivity index (χ4v) is 2.72. The summed E-state index contributed by atoms with van der Waals surface area (Å²) in [4.78, 5) is 4.16. The average Bonchev–Trinajstić information content (AvgIpc) is 2.45. The molecule has 1 N–H and O–H groups in total. The molecule has 2 aromatic rings. The second kappa shape index (κ2) is 5.63. The number of aryl methyl sites for hydroxylation is 2. The fourth-order valence-electron chi connectivity index (χ4n) is 2.72. The molecule has 1 aromatic heterocycles. The van der Waals surface area contributed by atoms with E-state index < -0.39 is 0 Å². The van der Waals surface area contributed by atoms with Gasteiger partial charge in [0.25, 0.3) is 0 Å². The first-order valence-corrected chi connectivity index (χ1v) is 7.06. The average molecular weight is 269 g/mol. The molecule has 1 aliphatic rings. The summed E-state index contributed by atoms with van der Waals surface area (Å²) in [6.07, 6.45) is 6.28. The quantitative estimate of drug-likeness (QED) is 0.929. The lowest BCUT2D eigenvalue weighted by Gasteiger charge is -2.21. The maximum Gasteiger partial charge on any atom is 0.120 e. The molecular formula is C17H19NO2. The number of ether oxygens (including phenoxy) is 1. The van der Waals surface area contributed by atoms with Crippen LogP contribution in [0.2, 0.25) is 0 Å². The van der Waals surface area contributed by atoms with Crippen LogP contribution in [-0.2, 0) is 13.0 Å². The van der Waals surface area contributed by atoms with Gasteiger partial charge in [-0.2, -0.15) is 0 Å². The van der Waals surface area contributed by atoms with Gasteiger partial charge in [0.1, 0.15) is 12.4 Å². The van der Waals surface area contributed by atoms with Gasteiger partial charge < -0.3 is 9.84 Å². The molecule has 1 heterocycles. The van der Waals surface area contributed by atoms with E-state index in [1.807, 2.05) is 31.5 Å². The van der Waals surface area contributed by atoms with Crippen molar-refractivity contribution >= 4 is 0 Å². The molecule has 20 heavy (non-hydrogen) atoms. The summed E-state index contributed by atoms with van der Waals surface area (Å²) in [5.41, 5.74) is 4.48. The van der Waals surface area contributed by atoms with Crippen molar-refractivity contribution in [3.8, 4) is 5.75 Å². The Hall–Kier alpha value is -1.87. The molecule has 1 aliphatic carbocycles. The minimum absolute atomic E-state index is 0.311. The molecule has 0 fully saturated rings. The first kappa shape index (κ1) is 13.1. The molecule has 3 heteroatoms. The lowest BCUT2D eigenvalue weighted by molar-refractivity contribution is 0.156. The van der Waals surface area contributed by atoms with E-state index in [4.69, 9.17) is 4.74 Å². The van der Waals surface area contributed by atoms with Gasteiger partial charge in [-0.05, 0) is 61.1 Å². The zero-order valence-electron chi connectivity index (χ0n) is 11.7. The van der Waals surface area contributed by atoms with E-state index >= 15 is 0 Å². The molecule has 0 amide bonds. The first-order chi connectivity index (χ1) is 9.72. The SMILES string of the molecule is Cc1cncc(COc2ccc3c(c2)CCCC3O)c1. The Bertz CT molecular complexity index is 610. The van der Waals surface area contributed by atoms with E-state index in [2.05, 4.69) is 17.1 Å². The van der Waals surface area contributed by atoms with E-state index in [1.165, 1.54) is 5.56 Å². The number of fused-ring (bicyclic) bond motifs is 1. The van der Waals surface area contributed by atoms with Crippen molar-refractivity contribution in [3.05, 3.63) is 58.9 Å². The number of nitrogens with zero attached hydrogens (tertiary/aromatic N) is 1. The van der Waals surface area contributed by atoms with Gasteiger partial charge in [0.05, 0.1) is 6.10 Å². The minimum Gasteiger partial charge on any atom is -0.489 e. The third-order valence-corrected chi connectivity index (χ3v) is 3.73. The van der Waals surface area contributed by atoms with E-state index in [-0.39, 0.29) is 6.10 Å². The summed E-state index contributed by atoms with van der Waals surface area (Å²) in [5, 5.41) is 9.94. The molecule has 0 saturated heterocycles. The Morgan fingerprint density at radius 1 is 1.30 bits per heavy atom. The molecule has 3 rings (SSSR count). The summed E-state index contributed by atoms with van der Waals surface area (Å²) in [6.45, 7) is 2.55. The van der Waals surface area contributed by atoms with Gasteiger partial charge in [0.15, 0.2) is 0 Å². The summed E-state index contributed by atoms with van der Waals surface area (Å²) in [6, 6.07) is 8.07. The number of pyridine rings is 1. The predicted molar refractivity (Wildman–Crippen MR) is 77.6 cm³/mol. The van der Waals surface area contributed by atoms with Crippen molar-refractivity contribution in [2.24, 2.45) is 0 Å². The molecule has 0 saturated carbocycles.